The summed E-state index contributed by atoms with van der Waals surface area (Å²) in [6.07, 6.45) is 0. The minimum atomic E-state index is -0.0484. The minimum Gasteiger partial charge on any atom is -0.372 e. The van der Waals surface area contributed by atoms with Crippen LogP contribution in [0.15, 0.2) is 47.6 Å². The van der Waals surface area contributed by atoms with E-state index < -0.39 is 0 Å². The molecule has 0 spiro atoms. The van der Waals surface area contributed by atoms with Gasteiger partial charge in [-0.1, -0.05) is 29.5 Å². The lowest BCUT2D eigenvalue weighted by molar-refractivity contribution is -0.113. The predicted octanol–water partition coefficient (Wildman–Crippen LogP) is 5.16. The van der Waals surface area contributed by atoms with Crippen LogP contribution in [0, 0.1) is 13.8 Å². The molecular formula is C24H31N5OS. The molecule has 2 aromatic carbocycles. The van der Waals surface area contributed by atoms with E-state index in [4.69, 9.17) is 0 Å². The highest BCUT2D eigenvalue weighted by atomic mass is 32.2. The Hall–Kier alpha value is -2.80. The highest BCUT2D eigenvalue weighted by Crippen LogP contribution is 2.26. The van der Waals surface area contributed by atoms with Crippen molar-refractivity contribution in [1.82, 2.24) is 14.8 Å². The summed E-state index contributed by atoms with van der Waals surface area (Å²) < 4.78 is 2.06. The lowest BCUT2D eigenvalue weighted by atomic mass is 10.1. The molecule has 0 aliphatic carbocycles. The van der Waals surface area contributed by atoms with Crippen LogP contribution in [-0.2, 0) is 11.3 Å². The molecule has 7 heteroatoms. The number of amides is 1. The first-order valence-corrected chi connectivity index (χ1v) is 11.7. The van der Waals surface area contributed by atoms with Crippen LogP contribution in [0.2, 0.25) is 0 Å². The zero-order valence-electron chi connectivity index (χ0n) is 19.0. The number of anilines is 2. The van der Waals surface area contributed by atoms with Gasteiger partial charge in [-0.25, -0.2) is 0 Å². The van der Waals surface area contributed by atoms with Crippen molar-refractivity contribution >= 4 is 29.0 Å². The van der Waals surface area contributed by atoms with Gasteiger partial charge in [0.15, 0.2) is 11.0 Å². The molecule has 0 radical (unpaired) electrons. The van der Waals surface area contributed by atoms with E-state index >= 15 is 0 Å². The van der Waals surface area contributed by atoms with Crippen molar-refractivity contribution in [3.05, 3.63) is 53.6 Å². The molecule has 1 heterocycles. The summed E-state index contributed by atoms with van der Waals surface area (Å²) in [5.74, 6) is 1.06. The second kappa shape index (κ2) is 10.5. The molecule has 0 unspecified atom stereocenters. The molecule has 3 rings (SSSR count). The van der Waals surface area contributed by atoms with Gasteiger partial charge in [0.1, 0.15) is 0 Å². The molecule has 6 nitrogen and oxygen atoms in total. The third-order valence-corrected chi connectivity index (χ3v) is 6.24. The van der Waals surface area contributed by atoms with Crippen molar-refractivity contribution in [2.45, 2.75) is 46.3 Å². The monoisotopic (exact) mass is 437 g/mol. The van der Waals surface area contributed by atoms with E-state index in [1.54, 1.807) is 0 Å². The maximum absolute atomic E-state index is 12.5. The lowest BCUT2D eigenvalue weighted by Crippen LogP contribution is -2.21. The van der Waals surface area contributed by atoms with Gasteiger partial charge in [0.25, 0.3) is 0 Å². The van der Waals surface area contributed by atoms with Gasteiger partial charge in [0.2, 0.25) is 5.91 Å². The van der Waals surface area contributed by atoms with Crippen molar-refractivity contribution in [2.24, 2.45) is 0 Å². The van der Waals surface area contributed by atoms with Crippen LogP contribution in [0.3, 0.4) is 0 Å². The number of benzene rings is 2. The van der Waals surface area contributed by atoms with E-state index in [1.807, 2.05) is 26.0 Å². The maximum atomic E-state index is 12.5. The fourth-order valence-electron chi connectivity index (χ4n) is 3.57. The fraction of sp³-hybridized carbons (Fsp3) is 0.375. The maximum Gasteiger partial charge on any atom is 0.234 e. The second-order valence-electron chi connectivity index (χ2n) is 7.42. The van der Waals surface area contributed by atoms with Crippen LogP contribution >= 0.6 is 11.8 Å². The topological polar surface area (TPSA) is 63.1 Å². The molecule has 0 saturated heterocycles. The van der Waals surface area contributed by atoms with Gasteiger partial charge in [0, 0.05) is 36.6 Å². The van der Waals surface area contributed by atoms with Crippen molar-refractivity contribution in [2.75, 3.05) is 29.1 Å². The predicted molar refractivity (Wildman–Crippen MR) is 130 cm³/mol. The zero-order chi connectivity index (χ0) is 22.4. The summed E-state index contributed by atoms with van der Waals surface area (Å²) in [6.45, 7) is 13.1. The average Bonchev–Trinajstić information content (AvgIpc) is 3.18. The van der Waals surface area contributed by atoms with Gasteiger partial charge in [-0.05, 0) is 70.5 Å². The summed E-state index contributed by atoms with van der Waals surface area (Å²) in [5.41, 5.74) is 5.32. The van der Waals surface area contributed by atoms with Gasteiger partial charge < -0.3 is 14.8 Å². The molecular weight excluding hydrogens is 406 g/mol. The molecule has 0 fully saturated rings. The number of rotatable bonds is 9. The lowest BCUT2D eigenvalue weighted by Gasteiger charge is -2.21. The number of aromatic nitrogens is 3. The first-order chi connectivity index (χ1) is 15.0. The largest absolute Gasteiger partial charge is 0.372 e. The quantitative estimate of drug-likeness (QED) is 0.469. The van der Waals surface area contributed by atoms with E-state index in [9.17, 15) is 4.79 Å². The first-order valence-electron chi connectivity index (χ1n) is 10.7. The molecule has 0 saturated carbocycles. The Balaban J connectivity index is 1.69. The molecule has 0 aliphatic rings. The molecule has 0 atom stereocenters. The number of carbonyl (C=O) groups is 1. The number of hydrogen-bond donors (Lipinski definition) is 1. The van der Waals surface area contributed by atoms with E-state index in [-0.39, 0.29) is 11.7 Å². The van der Waals surface area contributed by atoms with E-state index in [0.29, 0.717) is 0 Å². The number of nitrogens with one attached hydrogen (secondary N) is 1. The van der Waals surface area contributed by atoms with E-state index in [0.717, 1.165) is 47.4 Å². The third kappa shape index (κ3) is 5.47. The molecule has 31 heavy (non-hydrogen) atoms. The van der Waals surface area contributed by atoms with Crippen LogP contribution in [0.4, 0.5) is 11.4 Å². The summed E-state index contributed by atoms with van der Waals surface area (Å²) >= 11 is 1.41. The van der Waals surface area contributed by atoms with Crippen LogP contribution in [0.1, 0.15) is 31.9 Å². The molecule has 0 aliphatic heterocycles. The second-order valence-corrected chi connectivity index (χ2v) is 8.37. The van der Waals surface area contributed by atoms with Gasteiger partial charge in [-0.15, -0.1) is 10.2 Å². The van der Waals surface area contributed by atoms with Gasteiger partial charge in [0.05, 0.1) is 5.75 Å². The van der Waals surface area contributed by atoms with Crippen molar-refractivity contribution in [1.29, 1.82) is 0 Å². The summed E-state index contributed by atoms with van der Waals surface area (Å²) in [7, 11) is 0. The minimum absolute atomic E-state index is 0.0484. The number of nitrogens with zero attached hydrogens (tertiary/aromatic N) is 4. The Kier molecular flexibility index (Phi) is 7.74. The van der Waals surface area contributed by atoms with E-state index in [2.05, 4.69) is 76.1 Å². The average molecular weight is 438 g/mol. The molecule has 1 N–H and O–H groups in total. The molecule has 1 amide bonds. The number of aryl methyl sites for hydroxylation is 2. The highest BCUT2D eigenvalue weighted by Gasteiger charge is 2.15. The number of hydrogen-bond acceptors (Lipinski definition) is 5. The SMILES string of the molecule is CCN(CC)c1ccc(-c2nnc(SCC(=O)Nc3ccc(C)cc3C)n2CC)cc1. The third-order valence-electron chi connectivity index (χ3n) is 5.28. The number of carbonyl (C=O) groups excluding carboxylic acids is 1. The Morgan fingerprint density at radius 3 is 2.35 bits per heavy atom. The molecule has 3 aromatic rings. The normalized spacial score (nSPS) is 10.9. The van der Waals surface area contributed by atoms with Gasteiger partial charge in [-0.2, -0.15) is 0 Å². The van der Waals surface area contributed by atoms with Crippen molar-refractivity contribution < 1.29 is 4.79 Å². The Labute approximate surface area is 189 Å². The zero-order valence-corrected chi connectivity index (χ0v) is 19.8. The first kappa shape index (κ1) is 22.9. The Morgan fingerprint density at radius 1 is 1.03 bits per heavy atom. The fourth-order valence-corrected chi connectivity index (χ4v) is 4.38. The Morgan fingerprint density at radius 2 is 1.74 bits per heavy atom. The van der Waals surface area contributed by atoms with Crippen LogP contribution in [-0.4, -0.2) is 39.5 Å². The van der Waals surface area contributed by atoms with Crippen molar-refractivity contribution in [3.8, 4) is 11.4 Å². The van der Waals surface area contributed by atoms with Crippen LogP contribution < -0.4 is 10.2 Å². The van der Waals surface area contributed by atoms with E-state index in [1.165, 1.54) is 23.0 Å². The molecule has 1 aromatic heterocycles. The standard InChI is InChI=1S/C24H31N5OS/c1-6-28(7-2)20-12-10-19(11-13-20)23-26-27-24(29(23)8-3)31-16-22(30)25-21-14-9-17(4)15-18(21)5/h9-15H,6-8,16H2,1-5H3,(H,25,30). The van der Waals surface area contributed by atoms with Crippen LogP contribution in [0.25, 0.3) is 11.4 Å². The van der Waals surface area contributed by atoms with Gasteiger partial charge >= 0.3 is 0 Å². The summed E-state index contributed by atoms with van der Waals surface area (Å²) in [4.78, 5) is 14.8. The summed E-state index contributed by atoms with van der Waals surface area (Å²) in [6, 6.07) is 14.4. The Bertz CT molecular complexity index is 1020. The van der Waals surface area contributed by atoms with Crippen LogP contribution in [0.5, 0.6) is 0 Å². The smallest absolute Gasteiger partial charge is 0.234 e. The highest BCUT2D eigenvalue weighted by molar-refractivity contribution is 7.99. The number of thioether (sulfide) groups is 1. The molecule has 0 bridgehead atoms. The van der Waals surface area contributed by atoms with Gasteiger partial charge in [-0.3, -0.25) is 4.79 Å². The summed E-state index contributed by atoms with van der Waals surface area (Å²) in [5, 5.41) is 12.5. The molecule has 164 valence electrons. The van der Waals surface area contributed by atoms with Crippen molar-refractivity contribution in [3.63, 3.8) is 0 Å².